The normalized spacial score (nSPS) is 10.0. The molecule has 2 aromatic rings. The van der Waals surface area contributed by atoms with Gasteiger partial charge in [0.1, 0.15) is 23.1 Å². The number of nitro benzene ring substituents is 1. The van der Waals surface area contributed by atoms with Gasteiger partial charge in [0.05, 0.1) is 21.0 Å². The first-order valence-corrected chi connectivity index (χ1v) is 6.98. The van der Waals surface area contributed by atoms with E-state index in [0.29, 0.717) is 14.5 Å². The van der Waals surface area contributed by atoms with Crippen LogP contribution < -0.4 is 4.74 Å². The number of nitriles is 1. The van der Waals surface area contributed by atoms with Crippen LogP contribution in [0, 0.1) is 21.4 Å². The summed E-state index contributed by atoms with van der Waals surface area (Å²) in [5, 5.41) is 20.4. The molecule has 0 saturated carbocycles. The molecule has 0 amide bonds. The number of hydrogen-bond acceptors (Lipinski definition) is 4. The summed E-state index contributed by atoms with van der Waals surface area (Å²) in [6, 6.07) is 8.69. The van der Waals surface area contributed by atoms with Gasteiger partial charge in [-0.3, -0.25) is 10.1 Å². The number of nitrogens with zero attached hydrogens (tertiary/aromatic N) is 2. The fourth-order valence-electron chi connectivity index (χ4n) is 1.53. The van der Waals surface area contributed by atoms with Gasteiger partial charge < -0.3 is 4.74 Å². The molecule has 0 bridgehead atoms. The Labute approximate surface area is 137 Å². The highest BCUT2D eigenvalue weighted by Gasteiger charge is 2.16. The van der Waals surface area contributed by atoms with Crippen LogP contribution in [0.25, 0.3) is 0 Å². The predicted octanol–water partition coefficient (Wildman–Crippen LogP) is 5.33. The summed E-state index contributed by atoms with van der Waals surface area (Å²) in [5.74, 6) is 0.435. The van der Waals surface area contributed by atoms with Crippen LogP contribution in [0.4, 0.5) is 5.69 Å². The fourth-order valence-corrected chi connectivity index (χ4v) is 2.36. The number of benzene rings is 2. The summed E-state index contributed by atoms with van der Waals surface area (Å²) < 4.78 is 6.09. The van der Waals surface area contributed by atoms with E-state index >= 15 is 0 Å². The number of rotatable bonds is 3. The standard InChI is InChI=1S/C13H5BrCl2N2O3/c14-9-4-11(16)13(5-10(9)15)21-8-2-1-7(6-17)12(3-8)18(19)20/h1-5H. The molecule has 0 aliphatic heterocycles. The summed E-state index contributed by atoms with van der Waals surface area (Å²) in [4.78, 5) is 10.2. The van der Waals surface area contributed by atoms with Crippen LogP contribution in [0.15, 0.2) is 34.8 Å². The van der Waals surface area contributed by atoms with Gasteiger partial charge in [0.25, 0.3) is 5.69 Å². The minimum absolute atomic E-state index is 0.0488. The highest BCUT2D eigenvalue weighted by molar-refractivity contribution is 9.10. The molecule has 8 heteroatoms. The molecule has 0 aromatic heterocycles. The van der Waals surface area contributed by atoms with Crippen LogP contribution in [0.3, 0.4) is 0 Å². The lowest BCUT2D eigenvalue weighted by molar-refractivity contribution is -0.385. The SMILES string of the molecule is N#Cc1ccc(Oc2cc(Cl)c(Br)cc2Cl)cc1[N+](=O)[O-]. The number of halogens is 3. The van der Waals surface area contributed by atoms with Crippen molar-refractivity contribution in [2.45, 2.75) is 0 Å². The Kier molecular flexibility index (Phi) is 4.68. The summed E-state index contributed by atoms with van der Waals surface area (Å²) in [6.45, 7) is 0. The van der Waals surface area contributed by atoms with Gasteiger partial charge in [-0.05, 0) is 34.1 Å². The van der Waals surface area contributed by atoms with E-state index in [1.54, 1.807) is 12.1 Å². The van der Waals surface area contributed by atoms with Crippen LogP contribution >= 0.6 is 39.1 Å². The molecular weight excluding hydrogens is 383 g/mol. The van der Waals surface area contributed by atoms with E-state index in [2.05, 4.69) is 15.9 Å². The van der Waals surface area contributed by atoms with Gasteiger partial charge in [-0.2, -0.15) is 5.26 Å². The van der Waals surface area contributed by atoms with Crippen molar-refractivity contribution in [2.24, 2.45) is 0 Å². The molecule has 0 fully saturated rings. The highest BCUT2D eigenvalue weighted by Crippen LogP contribution is 2.37. The van der Waals surface area contributed by atoms with Gasteiger partial charge in [0, 0.05) is 10.5 Å². The molecule has 0 heterocycles. The molecule has 0 radical (unpaired) electrons. The summed E-state index contributed by atoms with van der Waals surface area (Å²) in [7, 11) is 0. The first kappa shape index (κ1) is 15.6. The third-order valence-electron chi connectivity index (χ3n) is 2.49. The molecule has 0 N–H and O–H groups in total. The van der Waals surface area contributed by atoms with Crippen molar-refractivity contribution in [1.82, 2.24) is 0 Å². The van der Waals surface area contributed by atoms with E-state index in [1.165, 1.54) is 18.2 Å². The molecule has 0 spiro atoms. The Morgan fingerprint density at radius 1 is 1.24 bits per heavy atom. The van der Waals surface area contributed by atoms with E-state index in [9.17, 15) is 10.1 Å². The van der Waals surface area contributed by atoms with E-state index < -0.39 is 4.92 Å². The van der Waals surface area contributed by atoms with E-state index in [0.717, 1.165) is 6.07 Å². The van der Waals surface area contributed by atoms with Crippen molar-refractivity contribution in [3.63, 3.8) is 0 Å². The minimum Gasteiger partial charge on any atom is -0.455 e. The summed E-state index contributed by atoms with van der Waals surface area (Å²) >= 11 is 15.2. The quantitative estimate of drug-likeness (QED) is 0.405. The Hall–Kier alpha value is -1.81. The molecule has 5 nitrogen and oxygen atoms in total. The summed E-state index contributed by atoms with van der Waals surface area (Å²) in [5.41, 5.74) is -0.387. The molecule has 0 atom stereocenters. The molecule has 21 heavy (non-hydrogen) atoms. The second-order valence-corrected chi connectivity index (χ2v) is 5.52. The maximum Gasteiger partial charge on any atom is 0.290 e. The number of hydrogen-bond donors (Lipinski definition) is 0. The molecule has 0 saturated heterocycles. The van der Waals surface area contributed by atoms with E-state index in [-0.39, 0.29) is 22.7 Å². The van der Waals surface area contributed by atoms with Crippen molar-refractivity contribution in [3.8, 4) is 17.6 Å². The maximum atomic E-state index is 10.9. The third-order valence-corrected chi connectivity index (χ3v) is 3.98. The second kappa shape index (κ2) is 6.31. The van der Waals surface area contributed by atoms with Crippen LogP contribution in [-0.2, 0) is 0 Å². The molecule has 0 aliphatic rings. The monoisotopic (exact) mass is 386 g/mol. The van der Waals surface area contributed by atoms with Gasteiger partial charge in [0.15, 0.2) is 0 Å². The van der Waals surface area contributed by atoms with Gasteiger partial charge >= 0.3 is 0 Å². The molecule has 106 valence electrons. The van der Waals surface area contributed by atoms with Crippen molar-refractivity contribution >= 4 is 44.8 Å². The summed E-state index contributed by atoms with van der Waals surface area (Å²) in [6.07, 6.45) is 0. The minimum atomic E-state index is -0.651. The van der Waals surface area contributed by atoms with Crippen LogP contribution in [0.1, 0.15) is 5.56 Å². The molecular formula is C13H5BrCl2N2O3. The largest absolute Gasteiger partial charge is 0.455 e. The van der Waals surface area contributed by atoms with Crippen molar-refractivity contribution in [3.05, 3.63) is 60.5 Å². The van der Waals surface area contributed by atoms with Gasteiger partial charge in [-0.25, -0.2) is 0 Å². The molecule has 2 aromatic carbocycles. The lowest BCUT2D eigenvalue weighted by Gasteiger charge is -2.09. The van der Waals surface area contributed by atoms with Crippen LogP contribution in [0.5, 0.6) is 11.5 Å². The Balaban J connectivity index is 2.41. The predicted molar refractivity (Wildman–Crippen MR) is 82.0 cm³/mol. The van der Waals surface area contributed by atoms with Gasteiger partial charge in [-0.15, -0.1) is 0 Å². The average molecular weight is 388 g/mol. The Bertz CT molecular complexity index is 775. The average Bonchev–Trinajstić information content (AvgIpc) is 2.44. The molecule has 0 aliphatic carbocycles. The lowest BCUT2D eigenvalue weighted by Crippen LogP contribution is -1.94. The van der Waals surface area contributed by atoms with Crippen LogP contribution in [0.2, 0.25) is 10.0 Å². The molecule has 2 rings (SSSR count). The van der Waals surface area contributed by atoms with Crippen molar-refractivity contribution in [1.29, 1.82) is 5.26 Å². The zero-order valence-electron chi connectivity index (χ0n) is 10.1. The Morgan fingerprint density at radius 2 is 1.95 bits per heavy atom. The topological polar surface area (TPSA) is 76.2 Å². The number of nitro groups is 1. The molecule has 0 unspecified atom stereocenters. The zero-order chi connectivity index (χ0) is 15.6. The maximum absolute atomic E-state index is 10.9. The van der Waals surface area contributed by atoms with E-state index in [4.69, 9.17) is 33.2 Å². The van der Waals surface area contributed by atoms with Gasteiger partial charge in [0.2, 0.25) is 0 Å². The van der Waals surface area contributed by atoms with Gasteiger partial charge in [-0.1, -0.05) is 23.2 Å². The van der Waals surface area contributed by atoms with Crippen molar-refractivity contribution < 1.29 is 9.66 Å². The highest BCUT2D eigenvalue weighted by atomic mass is 79.9. The first-order valence-electron chi connectivity index (χ1n) is 5.43. The number of ether oxygens (including phenoxy) is 1. The fraction of sp³-hybridized carbons (Fsp3) is 0. The van der Waals surface area contributed by atoms with Crippen molar-refractivity contribution in [2.75, 3.05) is 0 Å². The lowest BCUT2D eigenvalue weighted by atomic mass is 10.2. The third kappa shape index (κ3) is 3.45. The Morgan fingerprint density at radius 3 is 2.57 bits per heavy atom. The zero-order valence-corrected chi connectivity index (χ0v) is 13.2. The second-order valence-electron chi connectivity index (χ2n) is 3.85. The first-order chi connectivity index (χ1) is 9.92. The van der Waals surface area contributed by atoms with E-state index in [1.807, 2.05) is 0 Å². The van der Waals surface area contributed by atoms with Crippen LogP contribution in [-0.4, -0.2) is 4.92 Å². The smallest absolute Gasteiger partial charge is 0.290 e.